The molecule has 0 amide bonds. The fourth-order valence-corrected chi connectivity index (χ4v) is 3.55. The molecule has 3 nitrogen and oxygen atoms in total. The van der Waals surface area contributed by atoms with Crippen molar-refractivity contribution in [2.75, 3.05) is 0 Å². The second-order valence-electron chi connectivity index (χ2n) is 4.54. The Morgan fingerprint density at radius 1 is 1.14 bits per heavy atom. The lowest BCUT2D eigenvalue weighted by molar-refractivity contribution is 0.453. The van der Waals surface area contributed by atoms with Crippen molar-refractivity contribution in [3.63, 3.8) is 0 Å². The van der Waals surface area contributed by atoms with Crippen molar-refractivity contribution in [2.45, 2.75) is 26.2 Å². The minimum atomic E-state index is 0.262. The summed E-state index contributed by atoms with van der Waals surface area (Å²) in [4.78, 5) is 0. The molecule has 0 saturated carbocycles. The molecule has 0 bridgehead atoms. The van der Waals surface area contributed by atoms with Crippen LogP contribution in [0.2, 0.25) is 15.2 Å². The molecule has 7 heteroatoms. The van der Waals surface area contributed by atoms with Gasteiger partial charge in [-0.2, -0.15) is 0 Å². The van der Waals surface area contributed by atoms with Crippen molar-refractivity contribution in [2.24, 2.45) is 0 Å². The van der Waals surface area contributed by atoms with E-state index in [0.717, 1.165) is 15.6 Å². The maximum Gasteiger partial charge on any atom is 0.239 e. The van der Waals surface area contributed by atoms with Gasteiger partial charge in [-0.3, -0.25) is 0 Å². The van der Waals surface area contributed by atoms with E-state index in [-0.39, 0.29) is 5.92 Å². The van der Waals surface area contributed by atoms with Crippen LogP contribution in [0.3, 0.4) is 0 Å². The molecule has 0 fully saturated rings. The Labute approximate surface area is 152 Å². The summed E-state index contributed by atoms with van der Waals surface area (Å²) >= 11 is 20.5. The van der Waals surface area contributed by atoms with Gasteiger partial charge in [0, 0.05) is 9.64 Å². The van der Waals surface area contributed by atoms with Crippen LogP contribution >= 0.6 is 57.4 Å². The maximum atomic E-state index is 6.16. The number of aromatic nitrogens is 2. The van der Waals surface area contributed by atoms with E-state index in [1.165, 1.54) is 0 Å². The first-order valence-electron chi connectivity index (χ1n) is 6.27. The van der Waals surface area contributed by atoms with Crippen molar-refractivity contribution < 1.29 is 4.74 Å². The number of benzene rings is 1. The maximum absolute atomic E-state index is 6.16. The molecular weight excluding hydrogens is 445 g/mol. The lowest BCUT2D eigenvalue weighted by atomic mass is 10.0. The zero-order chi connectivity index (χ0) is 15.6. The van der Waals surface area contributed by atoms with Gasteiger partial charge in [0.05, 0.1) is 10.0 Å². The van der Waals surface area contributed by atoms with Crippen LogP contribution in [0.4, 0.5) is 0 Å². The zero-order valence-corrected chi connectivity index (χ0v) is 15.8. The van der Waals surface area contributed by atoms with E-state index >= 15 is 0 Å². The molecule has 2 rings (SSSR count). The van der Waals surface area contributed by atoms with E-state index in [1.807, 2.05) is 0 Å². The Hall–Kier alpha value is -0.300. The van der Waals surface area contributed by atoms with Crippen molar-refractivity contribution in [1.82, 2.24) is 10.2 Å². The average molecular weight is 458 g/mol. The van der Waals surface area contributed by atoms with Gasteiger partial charge in [0.1, 0.15) is 0 Å². The third-order valence-electron chi connectivity index (χ3n) is 3.07. The van der Waals surface area contributed by atoms with Gasteiger partial charge in [0.15, 0.2) is 10.9 Å². The first kappa shape index (κ1) is 17.1. The standard InChI is InChI=1S/C14H12Cl3IN2O/c1-3-7(2)9-6-12(19-20-14(9)17)21-13-10(15)4-8(18)5-11(13)16/h4-7H,3H2,1-2H3. The highest BCUT2D eigenvalue weighted by atomic mass is 127. The molecule has 2 aromatic rings. The highest BCUT2D eigenvalue weighted by Crippen LogP contribution is 2.38. The lowest BCUT2D eigenvalue weighted by Gasteiger charge is -2.13. The summed E-state index contributed by atoms with van der Waals surface area (Å²) in [5.41, 5.74) is 0.891. The number of rotatable bonds is 4. The van der Waals surface area contributed by atoms with Gasteiger partial charge in [0.25, 0.3) is 0 Å². The first-order valence-corrected chi connectivity index (χ1v) is 8.49. The normalized spacial score (nSPS) is 12.3. The fourth-order valence-electron chi connectivity index (χ4n) is 1.72. The van der Waals surface area contributed by atoms with E-state index in [1.54, 1.807) is 18.2 Å². The third-order valence-corrected chi connectivity index (χ3v) is 4.54. The fraction of sp³-hybridized carbons (Fsp3) is 0.286. The quantitative estimate of drug-likeness (QED) is 0.502. The highest BCUT2D eigenvalue weighted by molar-refractivity contribution is 14.1. The van der Waals surface area contributed by atoms with Gasteiger partial charge in [-0.1, -0.05) is 48.7 Å². The zero-order valence-electron chi connectivity index (χ0n) is 11.3. The van der Waals surface area contributed by atoms with Crippen molar-refractivity contribution in [1.29, 1.82) is 0 Å². The van der Waals surface area contributed by atoms with Crippen LogP contribution in [-0.2, 0) is 0 Å². The topological polar surface area (TPSA) is 35.0 Å². The van der Waals surface area contributed by atoms with Crippen LogP contribution in [0.5, 0.6) is 11.6 Å². The van der Waals surface area contributed by atoms with Gasteiger partial charge >= 0.3 is 0 Å². The number of ether oxygens (including phenoxy) is 1. The summed E-state index contributed by atoms with van der Waals surface area (Å²) in [7, 11) is 0. The van der Waals surface area contributed by atoms with Gasteiger partial charge < -0.3 is 4.74 Å². The average Bonchev–Trinajstić information content (AvgIpc) is 2.43. The van der Waals surface area contributed by atoms with Crippen LogP contribution in [0.25, 0.3) is 0 Å². The molecule has 0 aliphatic carbocycles. The molecule has 0 spiro atoms. The summed E-state index contributed by atoms with van der Waals surface area (Å²) in [6.45, 7) is 4.15. The number of hydrogen-bond acceptors (Lipinski definition) is 3. The molecule has 0 radical (unpaired) electrons. The summed E-state index contributed by atoms with van der Waals surface area (Å²) in [6, 6.07) is 5.30. The minimum Gasteiger partial charge on any atom is -0.434 e. The molecule has 0 aliphatic heterocycles. The van der Waals surface area contributed by atoms with E-state index in [4.69, 9.17) is 39.5 Å². The van der Waals surface area contributed by atoms with Crippen LogP contribution in [-0.4, -0.2) is 10.2 Å². The monoisotopic (exact) mass is 456 g/mol. The molecule has 0 N–H and O–H groups in total. The van der Waals surface area contributed by atoms with Crippen LogP contribution in [0.1, 0.15) is 31.7 Å². The van der Waals surface area contributed by atoms with Crippen molar-refractivity contribution in [3.05, 3.63) is 42.5 Å². The van der Waals surface area contributed by atoms with Gasteiger partial charge in [-0.05, 0) is 52.6 Å². The number of nitrogens with zero attached hydrogens (tertiary/aromatic N) is 2. The Bertz CT molecular complexity index is 644. The lowest BCUT2D eigenvalue weighted by Crippen LogP contribution is -1.99. The molecule has 1 unspecified atom stereocenters. The number of hydrogen-bond donors (Lipinski definition) is 0. The summed E-state index contributed by atoms with van der Waals surface area (Å²) in [5, 5.41) is 9.09. The Morgan fingerprint density at radius 3 is 2.33 bits per heavy atom. The predicted molar refractivity (Wildman–Crippen MR) is 95.0 cm³/mol. The Balaban J connectivity index is 2.37. The van der Waals surface area contributed by atoms with E-state index in [2.05, 4.69) is 46.6 Å². The third kappa shape index (κ3) is 4.12. The molecule has 1 heterocycles. The van der Waals surface area contributed by atoms with E-state index < -0.39 is 0 Å². The summed E-state index contributed by atoms with van der Waals surface area (Å²) < 4.78 is 6.61. The second-order valence-corrected chi connectivity index (χ2v) is 6.96. The highest BCUT2D eigenvalue weighted by Gasteiger charge is 2.15. The summed E-state index contributed by atoms with van der Waals surface area (Å²) in [5.74, 6) is 0.947. The van der Waals surface area contributed by atoms with Crippen LogP contribution < -0.4 is 4.74 Å². The molecule has 1 atom stereocenters. The largest absolute Gasteiger partial charge is 0.434 e. The molecule has 1 aromatic carbocycles. The van der Waals surface area contributed by atoms with E-state index in [9.17, 15) is 0 Å². The second kappa shape index (κ2) is 7.31. The Morgan fingerprint density at radius 2 is 1.76 bits per heavy atom. The van der Waals surface area contributed by atoms with E-state index in [0.29, 0.717) is 26.8 Å². The van der Waals surface area contributed by atoms with Crippen LogP contribution in [0, 0.1) is 3.57 Å². The molecular formula is C14H12Cl3IN2O. The van der Waals surface area contributed by atoms with Crippen molar-refractivity contribution >= 4 is 57.4 Å². The molecule has 1 aromatic heterocycles. The molecule has 0 saturated heterocycles. The number of halogens is 4. The van der Waals surface area contributed by atoms with Gasteiger partial charge in [-0.15, -0.1) is 10.2 Å². The smallest absolute Gasteiger partial charge is 0.239 e. The van der Waals surface area contributed by atoms with Gasteiger partial charge in [-0.25, -0.2) is 0 Å². The molecule has 21 heavy (non-hydrogen) atoms. The van der Waals surface area contributed by atoms with Crippen molar-refractivity contribution in [3.8, 4) is 11.6 Å². The predicted octanol–water partition coefficient (Wildman–Crippen LogP) is 6.35. The SMILES string of the molecule is CCC(C)c1cc(Oc2c(Cl)cc(I)cc2Cl)nnc1Cl. The van der Waals surface area contributed by atoms with Gasteiger partial charge in [0.2, 0.25) is 5.88 Å². The molecule has 112 valence electrons. The van der Waals surface area contributed by atoms with Crippen LogP contribution in [0.15, 0.2) is 18.2 Å². The first-order chi connectivity index (χ1) is 9.92. The Kier molecular flexibility index (Phi) is 5.94. The molecule has 0 aliphatic rings. The minimum absolute atomic E-state index is 0.262. The summed E-state index contributed by atoms with van der Waals surface area (Å²) in [6.07, 6.45) is 0.940.